The zero-order valence-electron chi connectivity index (χ0n) is 16.8. The second-order valence-corrected chi connectivity index (χ2v) is 7.69. The Bertz CT molecular complexity index is 1020. The molecule has 4 rings (SSSR count). The normalized spacial score (nSPS) is 15.7. The third kappa shape index (κ3) is 4.33. The maximum Gasteiger partial charge on any atom is 0.416 e. The molecule has 0 saturated carbocycles. The highest BCUT2D eigenvalue weighted by Crippen LogP contribution is 2.33. The van der Waals surface area contributed by atoms with Crippen LogP contribution in [0.15, 0.2) is 30.5 Å². The Hall–Kier alpha value is -2.88. The fourth-order valence-corrected chi connectivity index (χ4v) is 3.62. The molecule has 1 aliphatic heterocycles. The number of imidazole rings is 1. The lowest BCUT2D eigenvalue weighted by atomic mass is 10.1. The summed E-state index contributed by atoms with van der Waals surface area (Å²) < 4.78 is 41.3. The zero-order chi connectivity index (χ0) is 21.3. The third-order valence-corrected chi connectivity index (χ3v) is 4.97. The fourth-order valence-electron chi connectivity index (χ4n) is 3.62. The monoisotopic (exact) mass is 419 g/mol. The van der Waals surface area contributed by atoms with E-state index in [-0.39, 0.29) is 12.1 Å². The van der Waals surface area contributed by atoms with Crippen LogP contribution in [-0.2, 0) is 6.18 Å². The summed E-state index contributed by atoms with van der Waals surface area (Å²) in [5.41, 5.74) is 0.871. The standard InChI is InChI=1S/C20H24F3N7/c1-12(2)26-18-25-11-16-17(29-18)30(15-6-8-24-9-7-15)19(28-16)27-14-5-3-4-13(10-14)20(21,22)23/h3-5,10-12,15,24H,6-9H2,1-2H3,(H,27,28)(H,25,26,29). The van der Waals surface area contributed by atoms with Crippen molar-refractivity contribution >= 4 is 28.7 Å². The van der Waals surface area contributed by atoms with Crippen LogP contribution in [0, 0.1) is 0 Å². The van der Waals surface area contributed by atoms with Gasteiger partial charge in [-0.3, -0.25) is 4.57 Å². The van der Waals surface area contributed by atoms with Crippen LogP contribution in [0.2, 0.25) is 0 Å². The number of alkyl halides is 3. The number of fused-ring (bicyclic) bond motifs is 1. The molecule has 0 atom stereocenters. The third-order valence-electron chi connectivity index (χ3n) is 4.97. The highest BCUT2D eigenvalue weighted by Gasteiger charge is 2.30. The lowest BCUT2D eigenvalue weighted by molar-refractivity contribution is -0.137. The van der Waals surface area contributed by atoms with Crippen molar-refractivity contribution in [2.24, 2.45) is 0 Å². The van der Waals surface area contributed by atoms with Gasteiger partial charge in [0, 0.05) is 17.8 Å². The van der Waals surface area contributed by atoms with Gasteiger partial charge in [0.1, 0.15) is 5.52 Å². The van der Waals surface area contributed by atoms with E-state index in [0.29, 0.717) is 28.7 Å². The minimum Gasteiger partial charge on any atom is -0.352 e. The fraction of sp³-hybridized carbons (Fsp3) is 0.450. The molecule has 3 aromatic rings. The predicted molar refractivity (Wildman–Crippen MR) is 110 cm³/mol. The first-order valence-corrected chi connectivity index (χ1v) is 9.98. The number of halogens is 3. The van der Waals surface area contributed by atoms with Crippen LogP contribution in [0.4, 0.5) is 30.8 Å². The summed E-state index contributed by atoms with van der Waals surface area (Å²) in [6.07, 6.45) is -1.02. The summed E-state index contributed by atoms with van der Waals surface area (Å²) in [6, 6.07) is 5.41. The van der Waals surface area contributed by atoms with Crippen LogP contribution in [0.3, 0.4) is 0 Å². The van der Waals surface area contributed by atoms with Gasteiger partial charge in [0.25, 0.3) is 0 Å². The summed E-state index contributed by atoms with van der Waals surface area (Å²) in [5, 5.41) is 9.60. The van der Waals surface area contributed by atoms with Crippen molar-refractivity contribution in [2.45, 2.75) is 44.9 Å². The number of aromatic nitrogens is 4. The van der Waals surface area contributed by atoms with Gasteiger partial charge >= 0.3 is 6.18 Å². The molecule has 0 spiro atoms. The van der Waals surface area contributed by atoms with E-state index < -0.39 is 11.7 Å². The van der Waals surface area contributed by atoms with Gasteiger partial charge in [-0.25, -0.2) is 9.97 Å². The Kier molecular flexibility index (Phi) is 5.50. The maximum atomic E-state index is 13.1. The first kappa shape index (κ1) is 20.4. The van der Waals surface area contributed by atoms with E-state index in [1.807, 2.05) is 18.4 Å². The molecule has 3 N–H and O–H groups in total. The van der Waals surface area contributed by atoms with Gasteiger partial charge in [-0.2, -0.15) is 18.2 Å². The predicted octanol–water partition coefficient (Wildman–Crippen LogP) is 4.33. The Balaban J connectivity index is 1.76. The molecule has 1 saturated heterocycles. The van der Waals surface area contributed by atoms with E-state index >= 15 is 0 Å². The first-order chi connectivity index (χ1) is 14.3. The molecule has 7 nitrogen and oxygen atoms in total. The summed E-state index contributed by atoms with van der Waals surface area (Å²) in [6.45, 7) is 5.71. The van der Waals surface area contributed by atoms with Gasteiger partial charge < -0.3 is 16.0 Å². The quantitative estimate of drug-likeness (QED) is 0.571. The van der Waals surface area contributed by atoms with Gasteiger partial charge in [-0.1, -0.05) is 6.07 Å². The largest absolute Gasteiger partial charge is 0.416 e. The summed E-state index contributed by atoms with van der Waals surface area (Å²) in [5.74, 6) is 0.963. The minimum atomic E-state index is -4.41. The molecule has 30 heavy (non-hydrogen) atoms. The second kappa shape index (κ2) is 8.10. The smallest absolute Gasteiger partial charge is 0.352 e. The number of hydrogen-bond acceptors (Lipinski definition) is 6. The SMILES string of the molecule is CC(C)Nc1ncc2nc(Nc3cccc(C(F)(F)F)c3)n(C3CCNCC3)c2n1. The van der Waals surface area contributed by atoms with Crippen LogP contribution < -0.4 is 16.0 Å². The van der Waals surface area contributed by atoms with Crippen LogP contribution in [0.25, 0.3) is 11.2 Å². The van der Waals surface area contributed by atoms with Gasteiger partial charge in [0.2, 0.25) is 11.9 Å². The average Bonchev–Trinajstić information content (AvgIpc) is 3.05. The summed E-state index contributed by atoms with van der Waals surface area (Å²) >= 11 is 0. The number of anilines is 3. The van der Waals surface area contributed by atoms with Crippen molar-refractivity contribution in [3.63, 3.8) is 0 Å². The Morgan fingerprint density at radius 2 is 1.93 bits per heavy atom. The van der Waals surface area contributed by atoms with E-state index in [9.17, 15) is 13.2 Å². The molecule has 0 aliphatic carbocycles. The van der Waals surface area contributed by atoms with Crippen molar-refractivity contribution in [2.75, 3.05) is 23.7 Å². The van der Waals surface area contributed by atoms with Gasteiger partial charge in [0.05, 0.1) is 11.8 Å². The van der Waals surface area contributed by atoms with Crippen LogP contribution in [-0.4, -0.2) is 38.7 Å². The molecule has 3 heterocycles. The molecule has 0 radical (unpaired) electrons. The molecule has 10 heteroatoms. The van der Waals surface area contributed by atoms with E-state index in [1.165, 1.54) is 6.07 Å². The van der Waals surface area contributed by atoms with Gasteiger partial charge in [0.15, 0.2) is 5.65 Å². The minimum absolute atomic E-state index is 0.131. The zero-order valence-corrected chi connectivity index (χ0v) is 16.8. The summed E-state index contributed by atoms with van der Waals surface area (Å²) in [4.78, 5) is 13.6. The number of benzene rings is 1. The molecule has 1 fully saturated rings. The lowest BCUT2D eigenvalue weighted by Gasteiger charge is -2.26. The molecule has 1 aliphatic rings. The van der Waals surface area contributed by atoms with Crippen molar-refractivity contribution in [3.05, 3.63) is 36.0 Å². The molecule has 0 unspecified atom stereocenters. The van der Waals surface area contributed by atoms with Crippen molar-refractivity contribution in [3.8, 4) is 0 Å². The van der Waals surface area contributed by atoms with Crippen LogP contribution in [0.5, 0.6) is 0 Å². The van der Waals surface area contributed by atoms with Crippen molar-refractivity contribution < 1.29 is 13.2 Å². The average molecular weight is 419 g/mol. The Labute approximate surface area is 172 Å². The highest BCUT2D eigenvalue weighted by atomic mass is 19.4. The van der Waals surface area contributed by atoms with Crippen molar-refractivity contribution in [1.29, 1.82) is 0 Å². The van der Waals surface area contributed by atoms with Crippen molar-refractivity contribution in [1.82, 2.24) is 24.8 Å². The number of hydrogen-bond donors (Lipinski definition) is 3. The highest BCUT2D eigenvalue weighted by molar-refractivity contribution is 5.76. The molecule has 0 amide bonds. The van der Waals surface area contributed by atoms with E-state index in [2.05, 4.69) is 30.9 Å². The number of nitrogens with one attached hydrogen (secondary N) is 3. The molecule has 0 bridgehead atoms. The molecule has 1 aromatic carbocycles. The number of piperidine rings is 1. The molecular formula is C20H24F3N7. The van der Waals surface area contributed by atoms with E-state index in [0.717, 1.165) is 38.1 Å². The molecule has 2 aromatic heterocycles. The molecule has 160 valence electrons. The van der Waals surface area contributed by atoms with Gasteiger partial charge in [-0.15, -0.1) is 0 Å². The van der Waals surface area contributed by atoms with Crippen LogP contribution >= 0.6 is 0 Å². The Morgan fingerprint density at radius 3 is 2.63 bits per heavy atom. The summed E-state index contributed by atoms with van der Waals surface area (Å²) in [7, 11) is 0. The molecular weight excluding hydrogens is 395 g/mol. The number of rotatable bonds is 5. The second-order valence-electron chi connectivity index (χ2n) is 7.69. The Morgan fingerprint density at radius 1 is 1.17 bits per heavy atom. The first-order valence-electron chi connectivity index (χ1n) is 9.98. The topological polar surface area (TPSA) is 79.7 Å². The van der Waals surface area contributed by atoms with E-state index in [4.69, 9.17) is 0 Å². The number of nitrogens with zero attached hydrogens (tertiary/aromatic N) is 4. The van der Waals surface area contributed by atoms with Gasteiger partial charge in [-0.05, 0) is 58.0 Å². The lowest BCUT2D eigenvalue weighted by Crippen LogP contribution is -2.30. The maximum absolute atomic E-state index is 13.1. The van der Waals surface area contributed by atoms with E-state index in [1.54, 1.807) is 12.3 Å². The van der Waals surface area contributed by atoms with Crippen LogP contribution in [0.1, 0.15) is 38.3 Å².